The van der Waals surface area contributed by atoms with Crippen LogP contribution >= 0.6 is 0 Å². The van der Waals surface area contributed by atoms with Gasteiger partial charge in [0.25, 0.3) is 0 Å². The molecule has 2 nitrogen and oxygen atoms in total. The minimum Gasteiger partial charge on any atom is -0.461 e. The smallest absolute Gasteiger partial charge is 0.134 e. The van der Waals surface area contributed by atoms with Crippen molar-refractivity contribution in [1.82, 2.24) is 5.32 Å². The Bertz CT molecular complexity index is 509. The highest BCUT2D eigenvalue weighted by Gasteiger charge is 2.13. The van der Waals surface area contributed by atoms with E-state index in [1.54, 1.807) is 0 Å². The van der Waals surface area contributed by atoms with Gasteiger partial charge >= 0.3 is 0 Å². The Balaban J connectivity index is 1.79. The van der Waals surface area contributed by atoms with E-state index < -0.39 is 0 Å². The molecular formula is C15H19NO. The third-order valence-corrected chi connectivity index (χ3v) is 3.60. The molecular weight excluding hydrogens is 210 g/mol. The van der Waals surface area contributed by atoms with Gasteiger partial charge in [-0.25, -0.2) is 0 Å². The van der Waals surface area contributed by atoms with Gasteiger partial charge in [0.2, 0.25) is 0 Å². The SMILES string of the molecule is Cc1cc2ccc(CC3CCCCN3)cc2o1. The Kier molecular flexibility index (Phi) is 2.89. The number of furan rings is 1. The highest BCUT2D eigenvalue weighted by Crippen LogP contribution is 2.21. The average molecular weight is 229 g/mol. The summed E-state index contributed by atoms with van der Waals surface area (Å²) in [5.74, 6) is 0.993. The molecule has 1 fully saturated rings. The molecule has 1 unspecified atom stereocenters. The van der Waals surface area contributed by atoms with E-state index in [0.29, 0.717) is 6.04 Å². The highest BCUT2D eigenvalue weighted by atomic mass is 16.3. The standard InChI is InChI=1S/C15H19NO/c1-11-8-13-6-5-12(10-15(13)17-11)9-14-4-2-3-7-16-14/h5-6,8,10,14,16H,2-4,7,9H2,1H3. The lowest BCUT2D eigenvalue weighted by atomic mass is 9.97. The fourth-order valence-electron chi connectivity index (χ4n) is 2.72. The molecule has 2 aromatic rings. The Morgan fingerprint density at radius 2 is 2.24 bits per heavy atom. The van der Waals surface area contributed by atoms with Crippen molar-refractivity contribution < 1.29 is 4.42 Å². The summed E-state index contributed by atoms with van der Waals surface area (Å²) in [7, 11) is 0. The van der Waals surface area contributed by atoms with Crippen LogP contribution in [0.15, 0.2) is 28.7 Å². The molecule has 1 aliphatic rings. The lowest BCUT2D eigenvalue weighted by Gasteiger charge is -2.23. The first-order valence-corrected chi connectivity index (χ1v) is 6.54. The Morgan fingerprint density at radius 1 is 1.29 bits per heavy atom. The molecule has 1 N–H and O–H groups in total. The van der Waals surface area contributed by atoms with Crippen LogP contribution in [0.25, 0.3) is 11.0 Å². The molecule has 1 aromatic carbocycles. The highest BCUT2D eigenvalue weighted by molar-refractivity contribution is 5.78. The molecule has 17 heavy (non-hydrogen) atoms. The number of hydrogen-bond donors (Lipinski definition) is 1. The van der Waals surface area contributed by atoms with Gasteiger partial charge in [0.05, 0.1) is 0 Å². The molecule has 90 valence electrons. The lowest BCUT2D eigenvalue weighted by molar-refractivity contribution is 0.399. The van der Waals surface area contributed by atoms with Crippen LogP contribution in [0.1, 0.15) is 30.6 Å². The third-order valence-electron chi connectivity index (χ3n) is 3.60. The van der Waals surface area contributed by atoms with Crippen LogP contribution in [-0.4, -0.2) is 12.6 Å². The molecule has 0 bridgehead atoms. The van der Waals surface area contributed by atoms with Crippen molar-refractivity contribution in [3.63, 3.8) is 0 Å². The van der Waals surface area contributed by atoms with Gasteiger partial charge in [-0.05, 0) is 50.4 Å². The average Bonchev–Trinajstić information content (AvgIpc) is 2.70. The van der Waals surface area contributed by atoms with Gasteiger partial charge < -0.3 is 9.73 Å². The number of piperidine rings is 1. The van der Waals surface area contributed by atoms with Gasteiger partial charge in [-0.15, -0.1) is 0 Å². The largest absolute Gasteiger partial charge is 0.461 e. The summed E-state index contributed by atoms with van der Waals surface area (Å²) >= 11 is 0. The van der Waals surface area contributed by atoms with Gasteiger partial charge in [-0.1, -0.05) is 18.6 Å². The minimum absolute atomic E-state index is 0.650. The topological polar surface area (TPSA) is 25.2 Å². The van der Waals surface area contributed by atoms with Crippen molar-refractivity contribution in [2.75, 3.05) is 6.54 Å². The van der Waals surface area contributed by atoms with Crippen LogP contribution in [-0.2, 0) is 6.42 Å². The van der Waals surface area contributed by atoms with Crippen molar-refractivity contribution >= 4 is 11.0 Å². The first-order valence-electron chi connectivity index (χ1n) is 6.54. The lowest BCUT2D eigenvalue weighted by Crippen LogP contribution is -2.35. The molecule has 3 rings (SSSR count). The fraction of sp³-hybridized carbons (Fsp3) is 0.467. The van der Waals surface area contributed by atoms with Gasteiger partial charge in [0.15, 0.2) is 0 Å². The van der Waals surface area contributed by atoms with E-state index in [-0.39, 0.29) is 0 Å². The summed E-state index contributed by atoms with van der Waals surface area (Å²) in [6, 6.07) is 9.34. The Hall–Kier alpha value is -1.28. The second-order valence-corrected chi connectivity index (χ2v) is 5.08. The monoisotopic (exact) mass is 229 g/mol. The number of nitrogens with one attached hydrogen (secondary N) is 1. The molecule has 1 aliphatic heterocycles. The zero-order chi connectivity index (χ0) is 11.7. The molecule has 1 atom stereocenters. The van der Waals surface area contributed by atoms with Gasteiger partial charge in [-0.2, -0.15) is 0 Å². The zero-order valence-electron chi connectivity index (χ0n) is 10.3. The predicted molar refractivity (Wildman–Crippen MR) is 70.3 cm³/mol. The van der Waals surface area contributed by atoms with Crippen LogP contribution < -0.4 is 5.32 Å². The maximum absolute atomic E-state index is 5.68. The van der Waals surface area contributed by atoms with E-state index in [4.69, 9.17) is 4.42 Å². The first kappa shape index (κ1) is 10.8. The number of aryl methyl sites for hydroxylation is 1. The van der Waals surface area contributed by atoms with Crippen LogP contribution in [0.4, 0.5) is 0 Å². The van der Waals surface area contributed by atoms with E-state index in [2.05, 4.69) is 29.6 Å². The third kappa shape index (κ3) is 2.37. The van der Waals surface area contributed by atoms with Crippen molar-refractivity contribution in [2.45, 2.75) is 38.6 Å². The molecule has 0 aliphatic carbocycles. The van der Waals surface area contributed by atoms with Crippen molar-refractivity contribution in [3.05, 3.63) is 35.6 Å². The second-order valence-electron chi connectivity index (χ2n) is 5.08. The molecule has 2 heteroatoms. The molecule has 0 amide bonds. The van der Waals surface area contributed by atoms with Crippen LogP contribution in [0.2, 0.25) is 0 Å². The normalized spacial score (nSPS) is 20.9. The molecule has 2 heterocycles. The van der Waals surface area contributed by atoms with Gasteiger partial charge in [0.1, 0.15) is 11.3 Å². The van der Waals surface area contributed by atoms with Crippen molar-refractivity contribution in [3.8, 4) is 0 Å². The van der Waals surface area contributed by atoms with E-state index >= 15 is 0 Å². The van der Waals surface area contributed by atoms with Crippen LogP contribution in [0.3, 0.4) is 0 Å². The summed E-state index contributed by atoms with van der Waals surface area (Å²) < 4.78 is 5.68. The Morgan fingerprint density at radius 3 is 3.06 bits per heavy atom. The van der Waals surface area contributed by atoms with Crippen LogP contribution in [0.5, 0.6) is 0 Å². The minimum atomic E-state index is 0.650. The molecule has 0 radical (unpaired) electrons. The summed E-state index contributed by atoms with van der Waals surface area (Å²) in [5, 5.41) is 4.80. The van der Waals surface area contributed by atoms with Gasteiger partial charge in [-0.3, -0.25) is 0 Å². The molecule has 1 aromatic heterocycles. The first-order chi connectivity index (χ1) is 8.31. The maximum Gasteiger partial charge on any atom is 0.134 e. The maximum atomic E-state index is 5.68. The van der Waals surface area contributed by atoms with E-state index in [1.165, 1.54) is 36.8 Å². The van der Waals surface area contributed by atoms with Crippen molar-refractivity contribution in [1.29, 1.82) is 0 Å². The van der Waals surface area contributed by atoms with Crippen LogP contribution in [0, 0.1) is 6.92 Å². The summed E-state index contributed by atoms with van der Waals surface area (Å²) in [5.41, 5.74) is 2.40. The molecule has 1 saturated heterocycles. The molecule has 0 saturated carbocycles. The quantitative estimate of drug-likeness (QED) is 0.853. The summed E-state index contributed by atoms with van der Waals surface area (Å²) in [4.78, 5) is 0. The van der Waals surface area contributed by atoms with E-state index in [0.717, 1.165) is 17.8 Å². The second kappa shape index (κ2) is 4.53. The van der Waals surface area contributed by atoms with E-state index in [9.17, 15) is 0 Å². The summed E-state index contributed by atoms with van der Waals surface area (Å²) in [6.07, 6.45) is 5.11. The predicted octanol–water partition coefficient (Wildman–Crippen LogP) is 3.43. The zero-order valence-corrected chi connectivity index (χ0v) is 10.3. The van der Waals surface area contributed by atoms with Crippen molar-refractivity contribution in [2.24, 2.45) is 0 Å². The Labute approximate surface area is 102 Å². The number of fused-ring (bicyclic) bond motifs is 1. The summed E-state index contributed by atoms with van der Waals surface area (Å²) in [6.45, 7) is 3.18. The number of rotatable bonds is 2. The number of hydrogen-bond acceptors (Lipinski definition) is 2. The van der Waals surface area contributed by atoms with E-state index in [1.807, 2.05) is 6.92 Å². The van der Waals surface area contributed by atoms with Gasteiger partial charge in [0, 0.05) is 11.4 Å². The fourth-order valence-corrected chi connectivity index (χ4v) is 2.72. The number of benzene rings is 1. The molecule has 0 spiro atoms.